The molecule has 4 aliphatic rings. The van der Waals surface area contributed by atoms with Gasteiger partial charge in [-0.25, -0.2) is 39.9 Å². The number of nitrogens with zero attached hydrogens (tertiary/aromatic N) is 24. The van der Waals surface area contributed by atoms with E-state index >= 15 is 0 Å². The third-order valence-corrected chi connectivity index (χ3v) is 26.7. The molecule has 148 heavy (non-hydrogen) atoms. The summed E-state index contributed by atoms with van der Waals surface area (Å²) in [5.41, 5.74) is 25.6. The van der Waals surface area contributed by atoms with Crippen LogP contribution in [0.25, 0.3) is 134 Å². The average Bonchev–Trinajstić information content (AvgIpc) is 1.64. The summed E-state index contributed by atoms with van der Waals surface area (Å²) in [5, 5.41) is 20.3. The number of hydrogen-bond donors (Lipinski definition) is 4. The summed E-state index contributed by atoms with van der Waals surface area (Å²) >= 11 is 0. The summed E-state index contributed by atoms with van der Waals surface area (Å²) in [6.07, 6.45) is 23.6. The maximum absolute atomic E-state index is 12.9. The molecule has 744 valence electrons. The molecule has 4 aromatic carbocycles. The summed E-state index contributed by atoms with van der Waals surface area (Å²) in [7, 11) is 7.47. The van der Waals surface area contributed by atoms with Gasteiger partial charge in [0.1, 0.15) is 75.8 Å². The van der Waals surface area contributed by atoms with Crippen LogP contribution < -0.4 is 19.6 Å². The number of nitrogens with one attached hydrogen (secondary N) is 4. The summed E-state index contributed by atoms with van der Waals surface area (Å²) in [6, 6.07) is 63.6. The fraction of sp³-hybridized carbons (Fsp3) is 0.250. The van der Waals surface area contributed by atoms with E-state index in [0.29, 0.717) is 96.7 Å². The largest absolute Gasteiger partial charge is 0.378 e. The van der Waals surface area contributed by atoms with Crippen molar-refractivity contribution in [3.8, 4) is 90.3 Å². The van der Waals surface area contributed by atoms with E-state index in [4.69, 9.17) is 23.9 Å². The van der Waals surface area contributed by atoms with Crippen LogP contribution in [0.4, 0.5) is 23.3 Å². The van der Waals surface area contributed by atoms with Crippen LogP contribution in [-0.4, -0.2) is 247 Å². The first-order valence-electron chi connectivity index (χ1n) is 49.4. The van der Waals surface area contributed by atoms with Crippen LogP contribution in [0.2, 0.25) is 0 Å². The maximum Gasteiger partial charge on any atom is 0.183 e. The first-order chi connectivity index (χ1) is 72.5. The number of imidazole rings is 2. The van der Waals surface area contributed by atoms with Crippen molar-refractivity contribution in [2.24, 2.45) is 28.2 Å². The quantitative estimate of drug-likeness (QED) is 0.0354. The minimum absolute atomic E-state index is 0.127. The predicted molar refractivity (Wildman–Crippen MR) is 565 cm³/mol. The van der Waals surface area contributed by atoms with Crippen LogP contribution in [0, 0.1) is 0 Å². The molecule has 20 aromatic rings. The number of Topliss-reactive ketones (excluding diaryl/α,β-unsaturated/α-hetero) is 4. The zero-order chi connectivity index (χ0) is 101. The van der Waals surface area contributed by atoms with Crippen molar-refractivity contribution in [1.29, 1.82) is 0 Å². The van der Waals surface area contributed by atoms with Crippen LogP contribution in [0.5, 0.6) is 0 Å². The highest BCUT2D eigenvalue weighted by Gasteiger charge is 2.27. The van der Waals surface area contributed by atoms with Crippen LogP contribution in [-0.2, 0) is 118 Å². The van der Waals surface area contributed by atoms with E-state index in [1.807, 2.05) is 210 Å². The number of H-pyrrole nitrogens is 4. The molecule has 4 N–H and O–H groups in total. The van der Waals surface area contributed by atoms with Gasteiger partial charge in [-0.05, 0) is 130 Å². The van der Waals surface area contributed by atoms with Gasteiger partial charge in [-0.3, -0.25) is 57.8 Å². The number of carbonyl (C=O) groups excluding carboxylic acids is 4. The van der Waals surface area contributed by atoms with E-state index in [0.717, 1.165) is 263 Å². The van der Waals surface area contributed by atoms with Crippen molar-refractivity contribution in [2.45, 2.75) is 51.4 Å². The van der Waals surface area contributed by atoms with Crippen LogP contribution in [0.1, 0.15) is 45.0 Å². The topological polar surface area (TPSA) is 407 Å². The molecule has 0 saturated carbocycles. The van der Waals surface area contributed by atoms with Crippen LogP contribution >= 0.6 is 0 Å². The number of ketones is 4. The molecule has 4 aliphatic heterocycles. The number of aryl methyl sites for hydroxylation is 4. The van der Waals surface area contributed by atoms with Crippen molar-refractivity contribution in [2.75, 3.05) is 125 Å². The zero-order valence-electron chi connectivity index (χ0n) is 82.4. The summed E-state index contributed by atoms with van der Waals surface area (Å²) in [5.74, 6) is 5.72. The molecule has 4 fully saturated rings. The number of ether oxygens (including phenoxy) is 4. The third kappa shape index (κ3) is 22.8. The molecule has 0 bridgehead atoms. The molecule has 4 saturated heterocycles. The van der Waals surface area contributed by atoms with E-state index in [-0.39, 0.29) is 23.1 Å². The van der Waals surface area contributed by atoms with Gasteiger partial charge >= 0.3 is 0 Å². The highest BCUT2D eigenvalue weighted by molar-refractivity contribution is 5.96. The van der Waals surface area contributed by atoms with E-state index in [1.54, 1.807) is 81.0 Å². The fourth-order valence-corrected chi connectivity index (χ4v) is 18.8. The molecule has 36 heteroatoms. The van der Waals surface area contributed by atoms with Crippen molar-refractivity contribution in [1.82, 2.24) is 119 Å². The third-order valence-electron chi connectivity index (χ3n) is 26.7. The number of morpholine rings is 4. The summed E-state index contributed by atoms with van der Waals surface area (Å²) < 4.78 is 29.0. The van der Waals surface area contributed by atoms with Gasteiger partial charge in [-0.15, -0.1) is 0 Å². The van der Waals surface area contributed by atoms with Gasteiger partial charge in [-0.1, -0.05) is 97.1 Å². The molecule has 0 aliphatic carbocycles. The minimum atomic E-state index is 0.127. The van der Waals surface area contributed by atoms with Gasteiger partial charge < -0.3 is 58.5 Å². The number of benzene rings is 4. The van der Waals surface area contributed by atoms with E-state index in [1.165, 1.54) is 0 Å². The highest BCUT2D eigenvalue weighted by atomic mass is 16.5. The number of anilines is 4. The van der Waals surface area contributed by atoms with E-state index in [9.17, 15) is 19.2 Å². The number of hydrogen-bond acceptors (Lipinski definition) is 28. The lowest BCUT2D eigenvalue weighted by Crippen LogP contribution is -2.36. The Hall–Kier alpha value is -17.5. The first kappa shape index (κ1) is 96.6. The molecule has 20 heterocycles. The maximum atomic E-state index is 12.9. The Labute approximate surface area is 851 Å². The second-order valence-corrected chi connectivity index (χ2v) is 36.8. The number of fused-ring (bicyclic) bond motifs is 4. The Bertz CT molecular complexity index is 7080. The van der Waals surface area contributed by atoms with E-state index in [2.05, 4.69) is 139 Å². The van der Waals surface area contributed by atoms with Crippen molar-refractivity contribution in [3.05, 3.63) is 314 Å². The Morgan fingerprint density at radius 1 is 0.297 bits per heavy atom. The second-order valence-electron chi connectivity index (χ2n) is 36.8. The van der Waals surface area contributed by atoms with Gasteiger partial charge in [0.15, 0.2) is 17.3 Å². The Balaban J connectivity index is 0.000000116. The van der Waals surface area contributed by atoms with Gasteiger partial charge in [0.05, 0.1) is 92.1 Å². The van der Waals surface area contributed by atoms with Gasteiger partial charge in [0.25, 0.3) is 0 Å². The van der Waals surface area contributed by atoms with Crippen LogP contribution in [0.15, 0.2) is 269 Å². The second kappa shape index (κ2) is 44.8. The van der Waals surface area contributed by atoms with Crippen LogP contribution in [0.3, 0.4) is 0 Å². The number of aromatic amines is 4. The highest BCUT2D eigenvalue weighted by Crippen LogP contribution is 2.36. The lowest BCUT2D eigenvalue weighted by atomic mass is 10.0. The SMILES string of the molecule is Cn1nc(-c2cccnc2)cc1CC(=O)Cc1ccc(-c2cc3c(N4CCOCC4)nccc3[nH]2)cc1.Cn1nc(-c2cccnc2)cc1CC(=O)Cc1ccc(-c2cc3c(N4CCOCC4)ncnc3[nH]2)cc1.Cn1nc(-c2cccnc2)cc1CC(=O)Cc1ccc(-c2nc3c(N4CCOCC4)nccc3[nH]2)cc1.Cn1nc(-c2cccnc2)cc1CC(=O)Cc1ccc(-c2nc3ncnc(N4CCOCC4)c3[nH]2)cc1. The Kier molecular flexibility index (Phi) is 29.3. The molecule has 0 amide bonds. The van der Waals surface area contributed by atoms with Crippen molar-refractivity contribution < 1.29 is 38.1 Å². The van der Waals surface area contributed by atoms with Crippen molar-refractivity contribution in [3.63, 3.8) is 0 Å². The van der Waals surface area contributed by atoms with Crippen molar-refractivity contribution >= 4 is 90.5 Å². The van der Waals surface area contributed by atoms with Gasteiger partial charge in [0, 0.05) is 267 Å². The molecule has 0 radical (unpaired) electrons. The Morgan fingerprint density at radius 2 is 0.635 bits per heavy atom. The monoisotopic (exact) mass is 1970 g/mol. The number of rotatable bonds is 28. The predicted octanol–water partition coefficient (Wildman–Crippen LogP) is 14.4. The molecule has 36 nitrogen and oxygen atoms in total. The zero-order valence-corrected chi connectivity index (χ0v) is 82.4. The molecule has 0 unspecified atom stereocenters. The minimum Gasteiger partial charge on any atom is -0.378 e. The number of carbonyl (C=O) groups is 4. The Morgan fingerprint density at radius 3 is 1.03 bits per heavy atom. The van der Waals surface area contributed by atoms with Gasteiger partial charge in [0.2, 0.25) is 0 Å². The fourth-order valence-electron chi connectivity index (χ4n) is 18.8. The molecular formula is C112H108N28O8. The standard InChI is InChI=1S/C29H28N6O2.2C28H27N7O2.C27H26N8O2/c1-34-23(17-28(33-34)22-3-2-9-30-19-22)16-24(36)15-20-4-6-21(7-5-20)27-18-25-26(32-27)8-10-31-29(25)35-11-13-37-14-12-35;1-34-22(17-25(33-34)21-3-2-9-29-18-21)16-23(36)15-19-4-6-20(7-5-19)27-31-24-8-10-30-28(26(24)32-27)35-11-13-37-14-12-35;1-34-22(15-26(33-34)21-3-2-8-29-17-21)14-23(36)13-19-4-6-20(7-5-19)25-16-24-27(32-25)30-18-31-28(24)35-9-11-37-12-10-35;1-34-21(15-23(33-34)20-3-2-8-28-16-20)14-22(36)13-18-4-6-19(7-5-18)25-31-24-26(32-25)29-17-30-27(24)35-9-11-37-12-10-35/h2-10,17-19,32H,11-16H2,1H3;2-10,17-18H,11-16H2,1H3,(H,31,32);2-8,15-18H,9-14H2,1H3,(H,30,31,32);2-8,15-17H,9-14H2,1H3,(H,29,30,31,32). The lowest BCUT2D eigenvalue weighted by Gasteiger charge is -2.28. The molecule has 16 aromatic heterocycles. The average molecular weight is 1970 g/mol. The summed E-state index contributed by atoms with van der Waals surface area (Å²) in [6.45, 7) is 12.1. The number of pyridine rings is 6. The molecule has 24 rings (SSSR count). The number of aromatic nitrogens is 24. The smallest absolute Gasteiger partial charge is 0.183 e. The molecule has 0 spiro atoms. The summed E-state index contributed by atoms with van der Waals surface area (Å²) in [4.78, 5) is 127. The van der Waals surface area contributed by atoms with E-state index < -0.39 is 0 Å². The lowest BCUT2D eigenvalue weighted by molar-refractivity contribution is -0.118. The molecule has 0 atom stereocenters. The first-order valence-corrected chi connectivity index (χ1v) is 49.4. The van der Waals surface area contributed by atoms with Gasteiger partial charge in [-0.2, -0.15) is 20.4 Å². The molecular weight excluding hydrogens is 1870 g/mol. The normalized spacial score (nSPS) is 13.8.